The summed E-state index contributed by atoms with van der Waals surface area (Å²) in [6.07, 6.45) is -4.54. The van der Waals surface area contributed by atoms with E-state index in [0.29, 0.717) is 26.3 Å². The Hall–Kier alpha value is -1.83. The molecule has 0 spiro atoms. The summed E-state index contributed by atoms with van der Waals surface area (Å²) >= 11 is 0. The van der Waals surface area contributed by atoms with Crippen LogP contribution in [0.5, 0.6) is 0 Å². The summed E-state index contributed by atoms with van der Waals surface area (Å²) < 4.78 is 43.6. The predicted molar refractivity (Wildman–Crippen MR) is 74.6 cm³/mol. The highest BCUT2D eigenvalue weighted by Crippen LogP contribution is 2.30. The van der Waals surface area contributed by atoms with Crippen molar-refractivity contribution < 1.29 is 17.9 Å². The minimum absolute atomic E-state index is 0.0551. The van der Waals surface area contributed by atoms with Crippen molar-refractivity contribution in [2.24, 2.45) is 5.73 Å². The van der Waals surface area contributed by atoms with Gasteiger partial charge < -0.3 is 15.4 Å². The average molecular weight is 304 g/mol. The molecule has 0 bridgehead atoms. The number of nitrogens with zero attached hydrogens (tertiary/aromatic N) is 2. The molecule has 0 atom stereocenters. The first-order chi connectivity index (χ1) is 9.81. The fourth-order valence-corrected chi connectivity index (χ4v) is 1.79. The van der Waals surface area contributed by atoms with Gasteiger partial charge in [0.05, 0.1) is 12.2 Å². The number of rotatable bonds is 7. The zero-order valence-corrected chi connectivity index (χ0v) is 12.0. The molecule has 0 amide bonds. The highest BCUT2D eigenvalue weighted by molar-refractivity contribution is 5.99. The lowest BCUT2D eigenvalue weighted by molar-refractivity contribution is -0.141. The minimum Gasteiger partial charge on any atom is -0.384 e. The van der Waals surface area contributed by atoms with Gasteiger partial charge in [0.15, 0.2) is 0 Å². The summed E-state index contributed by atoms with van der Waals surface area (Å²) in [5, 5.41) is 7.48. The fourth-order valence-electron chi connectivity index (χ4n) is 1.79. The molecular formula is C13H19F3N4O. The van der Waals surface area contributed by atoms with Crippen molar-refractivity contribution in [2.45, 2.75) is 20.0 Å². The first-order valence-electron chi connectivity index (χ1n) is 6.56. The van der Waals surface area contributed by atoms with Gasteiger partial charge in [-0.3, -0.25) is 5.41 Å². The molecule has 1 rings (SSSR count). The second-order valence-corrected chi connectivity index (χ2v) is 4.26. The second-order valence-electron chi connectivity index (χ2n) is 4.26. The number of ether oxygens (including phenoxy) is 1. The van der Waals surface area contributed by atoms with Crippen LogP contribution < -0.4 is 10.6 Å². The first kappa shape index (κ1) is 17.2. The number of anilines is 1. The van der Waals surface area contributed by atoms with Crippen LogP contribution in [0.15, 0.2) is 12.1 Å². The predicted octanol–water partition coefficient (Wildman–Crippen LogP) is 2.25. The number of likely N-dealkylation sites (N-methyl/N-ethyl adjacent to an activating group) is 1. The Balaban J connectivity index is 3.17. The van der Waals surface area contributed by atoms with Crippen molar-refractivity contribution in [3.05, 3.63) is 23.4 Å². The second kappa shape index (κ2) is 7.26. The normalized spacial score (nSPS) is 11.5. The van der Waals surface area contributed by atoms with Crippen molar-refractivity contribution in [3.8, 4) is 0 Å². The maximum absolute atomic E-state index is 12.8. The number of nitrogen functional groups attached to an aromatic ring is 1. The number of hydrogen-bond donors (Lipinski definition) is 2. The third kappa shape index (κ3) is 4.59. The molecule has 0 saturated carbocycles. The van der Waals surface area contributed by atoms with E-state index >= 15 is 0 Å². The quantitative estimate of drug-likeness (QED) is 0.460. The lowest BCUT2D eigenvalue weighted by Gasteiger charge is -2.25. The topological polar surface area (TPSA) is 75.2 Å². The summed E-state index contributed by atoms with van der Waals surface area (Å²) in [5.74, 6) is -0.263. The fraction of sp³-hybridized carbons (Fsp3) is 0.538. The Bertz CT molecular complexity index is 491. The van der Waals surface area contributed by atoms with Crippen molar-refractivity contribution in [1.29, 1.82) is 5.41 Å². The molecule has 8 heteroatoms. The van der Waals surface area contributed by atoms with Crippen molar-refractivity contribution in [1.82, 2.24) is 4.98 Å². The van der Waals surface area contributed by atoms with Crippen LogP contribution in [0.1, 0.15) is 25.1 Å². The molecule has 0 fully saturated rings. The largest absolute Gasteiger partial charge is 0.433 e. The molecule has 1 heterocycles. The summed E-state index contributed by atoms with van der Waals surface area (Å²) in [6.45, 7) is 5.31. The van der Waals surface area contributed by atoms with Gasteiger partial charge >= 0.3 is 6.18 Å². The van der Waals surface area contributed by atoms with E-state index < -0.39 is 11.9 Å². The summed E-state index contributed by atoms with van der Waals surface area (Å²) in [6, 6.07) is 2.01. The average Bonchev–Trinajstić information content (AvgIpc) is 2.42. The number of nitrogens with two attached hydrogens (primary N) is 1. The van der Waals surface area contributed by atoms with Gasteiger partial charge in [-0.2, -0.15) is 13.2 Å². The van der Waals surface area contributed by atoms with E-state index in [4.69, 9.17) is 15.9 Å². The maximum atomic E-state index is 12.8. The molecule has 0 aliphatic carbocycles. The van der Waals surface area contributed by atoms with Crippen LogP contribution in [-0.4, -0.2) is 37.1 Å². The van der Waals surface area contributed by atoms with Gasteiger partial charge in [0.25, 0.3) is 0 Å². The van der Waals surface area contributed by atoms with E-state index in [2.05, 4.69) is 4.98 Å². The molecule has 5 nitrogen and oxygen atoms in total. The zero-order valence-electron chi connectivity index (χ0n) is 12.0. The van der Waals surface area contributed by atoms with Crippen LogP contribution in [0, 0.1) is 5.41 Å². The van der Waals surface area contributed by atoms with Gasteiger partial charge in [0, 0.05) is 19.7 Å². The van der Waals surface area contributed by atoms with Crippen molar-refractivity contribution in [2.75, 3.05) is 31.2 Å². The monoisotopic (exact) mass is 304 g/mol. The van der Waals surface area contributed by atoms with Crippen molar-refractivity contribution in [3.63, 3.8) is 0 Å². The Kier molecular flexibility index (Phi) is 5.95. The number of amidine groups is 1. The highest BCUT2D eigenvalue weighted by atomic mass is 19.4. The molecule has 0 radical (unpaired) electrons. The first-order valence-corrected chi connectivity index (χ1v) is 6.56. The lowest BCUT2D eigenvalue weighted by atomic mass is 10.2. The zero-order chi connectivity index (χ0) is 16.0. The summed E-state index contributed by atoms with van der Waals surface area (Å²) in [7, 11) is 0. The Morgan fingerprint density at radius 3 is 2.52 bits per heavy atom. The Morgan fingerprint density at radius 2 is 2.05 bits per heavy atom. The van der Waals surface area contributed by atoms with E-state index in [1.807, 2.05) is 6.92 Å². The Morgan fingerprint density at radius 1 is 1.38 bits per heavy atom. The van der Waals surface area contributed by atoms with Crippen LogP contribution in [-0.2, 0) is 10.9 Å². The van der Waals surface area contributed by atoms with Gasteiger partial charge in [0.1, 0.15) is 17.3 Å². The molecular weight excluding hydrogens is 285 g/mol. The number of pyridine rings is 1. The smallest absolute Gasteiger partial charge is 0.384 e. The minimum atomic E-state index is -4.54. The standard InChI is InChI=1S/C13H19F3N4O/c1-3-20(7-8-21-4-2)12-9(11(17)18)5-6-10(19-12)13(14,15)16/h5-6H,3-4,7-8H2,1-2H3,(H3,17,18). The molecule has 0 saturated heterocycles. The van der Waals surface area contributed by atoms with Crippen LogP contribution in [0.4, 0.5) is 19.0 Å². The molecule has 0 aromatic carbocycles. The van der Waals surface area contributed by atoms with Crippen LogP contribution in [0.2, 0.25) is 0 Å². The lowest BCUT2D eigenvalue weighted by Crippen LogP contribution is -2.31. The van der Waals surface area contributed by atoms with Crippen LogP contribution >= 0.6 is 0 Å². The molecule has 0 aliphatic heterocycles. The van der Waals surface area contributed by atoms with Crippen LogP contribution in [0.25, 0.3) is 0 Å². The van der Waals surface area contributed by atoms with E-state index in [9.17, 15) is 13.2 Å². The SMILES string of the molecule is CCOCCN(CC)c1nc(C(F)(F)F)ccc1C(=N)N. The molecule has 118 valence electrons. The molecule has 1 aromatic rings. The molecule has 0 unspecified atom stereocenters. The van der Waals surface area contributed by atoms with Gasteiger partial charge in [-0.15, -0.1) is 0 Å². The van der Waals surface area contributed by atoms with Crippen molar-refractivity contribution >= 4 is 11.7 Å². The van der Waals surface area contributed by atoms with Gasteiger partial charge in [-0.05, 0) is 26.0 Å². The number of halogens is 3. The number of nitrogens with one attached hydrogen (secondary N) is 1. The van der Waals surface area contributed by atoms with E-state index in [1.165, 1.54) is 6.07 Å². The Labute approximate surface area is 121 Å². The number of alkyl halides is 3. The van der Waals surface area contributed by atoms with Gasteiger partial charge in [0.2, 0.25) is 0 Å². The van der Waals surface area contributed by atoms with Crippen LogP contribution in [0.3, 0.4) is 0 Å². The van der Waals surface area contributed by atoms with E-state index in [-0.39, 0.29) is 17.2 Å². The van der Waals surface area contributed by atoms with E-state index in [0.717, 1.165) is 6.07 Å². The molecule has 0 aliphatic rings. The third-order valence-electron chi connectivity index (χ3n) is 2.85. The molecule has 1 aromatic heterocycles. The van der Waals surface area contributed by atoms with Gasteiger partial charge in [-0.1, -0.05) is 0 Å². The molecule has 3 N–H and O–H groups in total. The van der Waals surface area contributed by atoms with E-state index in [1.54, 1.807) is 11.8 Å². The third-order valence-corrected chi connectivity index (χ3v) is 2.85. The highest BCUT2D eigenvalue weighted by Gasteiger charge is 2.33. The number of aromatic nitrogens is 1. The maximum Gasteiger partial charge on any atom is 0.433 e. The van der Waals surface area contributed by atoms with Gasteiger partial charge in [-0.25, -0.2) is 4.98 Å². The molecule has 21 heavy (non-hydrogen) atoms. The summed E-state index contributed by atoms with van der Waals surface area (Å²) in [4.78, 5) is 5.25. The number of hydrogen-bond acceptors (Lipinski definition) is 4. The summed E-state index contributed by atoms with van der Waals surface area (Å²) in [5.41, 5.74) is 4.60.